The van der Waals surface area contributed by atoms with Gasteiger partial charge in [-0.3, -0.25) is 9.67 Å². The van der Waals surface area contributed by atoms with Crippen LogP contribution in [0.25, 0.3) is 22.0 Å². The molecule has 22 heavy (non-hydrogen) atoms. The number of benzene rings is 1. The van der Waals surface area contributed by atoms with Crippen molar-refractivity contribution in [3.8, 4) is 16.9 Å². The number of phenolic OH excluding ortho intramolecular Hbond substituents is 1. The summed E-state index contributed by atoms with van der Waals surface area (Å²) in [7, 11) is 1.88. The molecule has 0 radical (unpaired) electrons. The van der Waals surface area contributed by atoms with Crippen LogP contribution in [0, 0.1) is 0 Å². The van der Waals surface area contributed by atoms with Crippen molar-refractivity contribution in [2.75, 3.05) is 0 Å². The molecule has 0 amide bonds. The molecule has 4 nitrogen and oxygen atoms in total. The van der Waals surface area contributed by atoms with Crippen LogP contribution in [-0.4, -0.2) is 25.4 Å². The van der Waals surface area contributed by atoms with Crippen LogP contribution in [0.5, 0.6) is 5.75 Å². The number of pyridine rings is 1. The van der Waals surface area contributed by atoms with E-state index in [1.807, 2.05) is 25.5 Å². The molecule has 0 fully saturated rings. The third-order valence-corrected chi connectivity index (χ3v) is 2.70. The Hall–Kier alpha value is -2.22. The van der Waals surface area contributed by atoms with Gasteiger partial charge in [0.25, 0.3) is 0 Å². The number of thiol groups is 1. The molecule has 0 aliphatic carbocycles. The van der Waals surface area contributed by atoms with Gasteiger partial charge < -0.3 is 5.11 Å². The predicted octanol–water partition coefficient (Wildman–Crippen LogP) is 3.78. The van der Waals surface area contributed by atoms with Crippen LogP contribution in [0.1, 0.15) is 0 Å². The van der Waals surface area contributed by atoms with E-state index >= 15 is 0 Å². The molecule has 0 unspecified atom stereocenters. The van der Waals surface area contributed by atoms with E-state index in [2.05, 4.69) is 22.7 Å². The number of nitrogens with zero attached hydrogens (tertiary/aromatic N) is 3. The predicted molar refractivity (Wildman–Crippen MR) is 80.7 cm³/mol. The maximum Gasteiger partial charge on any atom is 0.438 e. The number of aromatic nitrogens is 3. The van der Waals surface area contributed by atoms with Crippen LogP contribution >= 0.6 is 12.6 Å². The number of halogens is 3. The Kier molecular flexibility index (Phi) is 4.60. The molecule has 1 N–H and O–H groups in total. The number of phenols is 1. The summed E-state index contributed by atoms with van der Waals surface area (Å²) in [6.45, 7) is 0. The molecule has 0 atom stereocenters. The molecule has 0 saturated heterocycles. The number of hydrogen-bond donors (Lipinski definition) is 2. The number of hydrogen-bond acceptors (Lipinski definition) is 4. The van der Waals surface area contributed by atoms with Gasteiger partial charge in [-0.25, -0.2) is 0 Å². The lowest BCUT2D eigenvalue weighted by Crippen LogP contribution is -1.89. The zero-order chi connectivity index (χ0) is 16.3. The highest BCUT2D eigenvalue weighted by Gasteiger charge is 2.17. The Labute approximate surface area is 129 Å². The summed E-state index contributed by atoms with van der Waals surface area (Å²) in [6, 6.07) is 7.15. The van der Waals surface area contributed by atoms with E-state index in [4.69, 9.17) is 0 Å². The minimum Gasteiger partial charge on any atom is -0.508 e. The van der Waals surface area contributed by atoms with Crippen molar-refractivity contribution in [1.29, 1.82) is 0 Å². The van der Waals surface area contributed by atoms with Crippen LogP contribution in [0.2, 0.25) is 0 Å². The normalized spacial score (nSPS) is 11.1. The Morgan fingerprint density at radius 3 is 2.41 bits per heavy atom. The number of aromatic hydroxyl groups is 1. The van der Waals surface area contributed by atoms with Gasteiger partial charge in [0.1, 0.15) is 5.75 Å². The van der Waals surface area contributed by atoms with E-state index in [0.717, 1.165) is 22.0 Å². The second-order valence-electron chi connectivity index (χ2n) is 4.47. The van der Waals surface area contributed by atoms with Gasteiger partial charge in [0.2, 0.25) is 0 Å². The summed E-state index contributed by atoms with van der Waals surface area (Å²) in [5.74, 6) is 0.252. The fourth-order valence-corrected chi connectivity index (χ4v) is 1.85. The van der Waals surface area contributed by atoms with Crippen LogP contribution in [0.15, 0.2) is 42.9 Å². The first-order valence-corrected chi connectivity index (χ1v) is 6.54. The standard InChI is InChI=1S/C13H11N3O.CHF3S/c1-16-8-11(7-15-16)10-4-9-5-12(17)2-3-13(9)14-6-10;2-1(3,4)5/h2-8,17H,1H3;5H. The Bertz CT molecular complexity index is 780. The molecule has 0 bridgehead atoms. The third kappa shape index (κ3) is 4.66. The maximum atomic E-state index is 10.2. The average Bonchev–Trinajstić information content (AvgIpc) is 2.82. The first kappa shape index (κ1) is 16.2. The lowest BCUT2D eigenvalue weighted by atomic mass is 10.1. The molecule has 8 heteroatoms. The number of aryl methyl sites for hydroxylation is 1. The molecule has 2 heterocycles. The first-order valence-electron chi connectivity index (χ1n) is 6.09. The monoisotopic (exact) mass is 327 g/mol. The van der Waals surface area contributed by atoms with Gasteiger partial charge in [0.05, 0.1) is 11.7 Å². The fraction of sp³-hybridized carbons (Fsp3) is 0.143. The Morgan fingerprint density at radius 2 is 1.82 bits per heavy atom. The largest absolute Gasteiger partial charge is 0.508 e. The van der Waals surface area contributed by atoms with Gasteiger partial charge in [-0.05, 0) is 24.3 Å². The molecule has 116 valence electrons. The molecule has 0 spiro atoms. The number of rotatable bonds is 1. The first-order chi connectivity index (χ1) is 10.2. The summed E-state index contributed by atoms with van der Waals surface area (Å²) in [6.07, 6.45) is 5.55. The highest BCUT2D eigenvalue weighted by atomic mass is 32.1. The van der Waals surface area contributed by atoms with Crippen molar-refractivity contribution in [2.45, 2.75) is 5.51 Å². The third-order valence-electron chi connectivity index (χ3n) is 2.70. The molecule has 0 saturated carbocycles. The van der Waals surface area contributed by atoms with Gasteiger partial charge in [0, 0.05) is 36.0 Å². The lowest BCUT2D eigenvalue weighted by Gasteiger charge is -2.01. The number of alkyl halides is 3. The van der Waals surface area contributed by atoms with Crippen LogP contribution in [0.3, 0.4) is 0 Å². The highest BCUT2D eigenvalue weighted by molar-refractivity contribution is 7.81. The van der Waals surface area contributed by atoms with Crippen molar-refractivity contribution >= 4 is 23.5 Å². The fourth-order valence-electron chi connectivity index (χ4n) is 1.85. The zero-order valence-electron chi connectivity index (χ0n) is 11.4. The van der Waals surface area contributed by atoms with Gasteiger partial charge >= 0.3 is 5.51 Å². The summed E-state index contributed by atoms with van der Waals surface area (Å²) in [5, 5.41) is 14.5. The number of fused-ring (bicyclic) bond motifs is 1. The van der Waals surface area contributed by atoms with Crippen LogP contribution < -0.4 is 0 Å². The molecule has 3 aromatic rings. The second-order valence-corrected chi connectivity index (χ2v) is 4.98. The quantitative estimate of drug-likeness (QED) is 0.669. The molecule has 1 aromatic carbocycles. The molecule has 3 rings (SSSR count). The van der Waals surface area contributed by atoms with E-state index in [1.165, 1.54) is 0 Å². The minimum atomic E-state index is -4.31. The molecule has 0 aliphatic rings. The van der Waals surface area contributed by atoms with Crippen molar-refractivity contribution < 1.29 is 18.3 Å². The Balaban J connectivity index is 0.000000309. The van der Waals surface area contributed by atoms with Crippen molar-refractivity contribution in [1.82, 2.24) is 14.8 Å². The van der Waals surface area contributed by atoms with Gasteiger partial charge in [-0.2, -0.15) is 18.3 Å². The van der Waals surface area contributed by atoms with Crippen LogP contribution in [0.4, 0.5) is 13.2 Å². The molecular formula is C14H12F3N3OS. The topological polar surface area (TPSA) is 50.9 Å². The van der Waals surface area contributed by atoms with E-state index in [9.17, 15) is 18.3 Å². The smallest absolute Gasteiger partial charge is 0.438 e. The molecule has 2 aromatic heterocycles. The van der Waals surface area contributed by atoms with Gasteiger partial charge in [0.15, 0.2) is 0 Å². The molecular weight excluding hydrogens is 315 g/mol. The van der Waals surface area contributed by atoms with E-state index < -0.39 is 5.51 Å². The summed E-state index contributed by atoms with van der Waals surface area (Å²) in [4.78, 5) is 4.36. The lowest BCUT2D eigenvalue weighted by molar-refractivity contribution is -0.0303. The second kappa shape index (κ2) is 6.27. The van der Waals surface area contributed by atoms with Crippen molar-refractivity contribution in [3.63, 3.8) is 0 Å². The van der Waals surface area contributed by atoms with Gasteiger partial charge in [-0.15, -0.1) is 0 Å². The summed E-state index contributed by atoms with van der Waals surface area (Å²) < 4.78 is 32.4. The SMILES string of the molecule is Cn1cc(-c2cnc3ccc(O)cc3c2)cn1.FC(F)(F)S. The van der Waals surface area contributed by atoms with E-state index in [0.29, 0.717) is 0 Å². The van der Waals surface area contributed by atoms with Gasteiger partial charge in [-0.1, -0.05) is 12.6 Å². The Morgan fingerprint density at radius 1 is 1.14 bits per heavy atom. The minimum absolute atomic E-state index is 0.252. The van der Waals surface area contributed by atoms with E-state index in [1.54, 1.807) is 29.1 Å². The molecule has 0 aliphatic heterocycles. The highest BCUT2D eigenvalue weighted by Crippen LogP contribution is 2.24. The van der Waals surface area contributed by atoms with E-state index in [-0.39, 0.29) is 5.75 Å². The van der Waals surface area contributed by atoms with Crippen LogP contribution in [-0.2, 0) is 7.05 Å². The zero-order valence-corrected chi connectivity index (χ0v) is 12.3. The summed E-state index contributed by atoms with van der Waals surface area (Å²) >= 11 is 2.12. The average molecular weight is 327 g/mol. The van der Waals surface area contributed by atoms with Crippen molar-refractivity contribution in [3.05, 3.63) is 42.9 Å². The maximum absolute atomic E-state index is 10.2. The van der Waals surface area contributed by atoms with Crippen molar-refractivity contribution in [2.24, 2.45) is 7.05 Å². The summed E-state index contributed by atoms with van der Waals surface area (Å²) in [5.41, 5.74) is -1.42.